The fourth-order valence-electron chi connectivity index (χ4n) is 3.53. The zero-order valence-corrected chi connectivity index (χ0v) is 17.8. The topological polar surface area (TPSA) is 89.9 Å². The van der Waals surface area contributed by atoms with Gasteiger partial charge in [-0.25, -0.2) is 9.59 Å². The number of rotatable bonds is 6. The zero-order chi connectivity index (χ0) is 21.1. The highest BCUT2D eigenvalue weighted by Crippen LogP contribution is 2.34. The molecule has 0 aromatic carbocycles. The number of esters is 2. The van der Waals surface area contributed by atoms with E-state index in [0.29, 0.717) is 10.6 Å². The molecule has 3 heterocycles. The summed E-state index contributed by atoms with van der Waals surface area (Å²) in [6, 6.07) is 4.16. The van der Waals surface area contributed by atoms with Crippen molar-refractivity contribution in [3.8, 4) is 0 Å². The van der Waals surface area contributed by atoms with Gasteiger partial charge in [0, 0.05) is 31.0 Å². The molecule has 0 saturated heterocycles. The van der Waals surface area contributed by atoms with Gasteiger partial charge in [-0.1, -0.05) is 0 Å². The van der Waals surface area contributed by atoms with E-state index < -0.39 is 11.9 Å². The molecule has 1 amide bonds. The number of hydrogen-bond acceptors (Lipinski definition) is 7. The van der Waals surface area contributed by atoms with Gasteiger partial charge in [0.2, 0.25) is 5.91 Å². The van der Waals surface area contributed by atoms with Crippen LogP contribution in [0.2, 0.25) is 0 Å². The summed E-state index contributed by atoms with van der Waals surface area (Å²) < 4.78 is 12.1. The molecule has 2 aromatic heterocycles. The van der Waals surface area contributed by atoms with Gasteiger partial charge in [0.1, 0.15) is 9.88 Å². The van der Waals surface area contributed by atoms with E-state index in [1.807, 2.05) is 12.3 Å². The van der Waals surface area contributed by atoms with Gasteiger partial charge in [-0.2, -0.15) is 0 Å². The molecule has 156 valence electrons. The smallest absolute Gasteiger partial charge is 0.348 e. The quantitative estimate of drug-likeness (QED) is 0.724. The number of anilines is 1. The summed E-state index contributed by atoms with van der Waals surface area (Å²) >= 11 is 1.02. The molecule has 1 aliphatic rings. The Balaban J connectivity index is 1.79. The van der Waals surface area contributed by atoms with Crippen molar-refractivity contribution in [1.29, 1.82) is 0 Å². The second-order valence-corrected chi connectivity index (χ2v) is 7.81. The highest BCUT2D eigenvalue weighted by molar-refractivity contribution is 7.18. The van der Waals surface area contributed by atoms with Crippen molar-refractivity contribution >= 4 is 34.2 Å². The molecule has 0 radical (unpaired) electrons. The molecule has 1 atom stereocenters. The largest absolute Gasteiger partial charge is 0.465 e. The van der Waals surface area contributed by atoms with Crippen LogP contribution in [0.3, 0.4) is 0 Å². The Morgan fingerprint density at radius 1 is 1.28 bits per heavy atom. The van der Waals surface area contributed by atoms with E-state index >= 15 is 0 Å². The van der Waals surface area contributed by atoms with Crippen LogP contribution in [0, 0.1) is 6.92 Å². The average Bonchev–Trinajstić information content (AvgIpc) is 3.28. The number of fused-ring (bicyclic) bond motifs is 1. The fraction of sp³-hybridized carbons (Fsp3) is 0.450. The van der Waals surface area contributed by atoms with Crippen LogP contribution in [-0.4, -0.2) is 54.1 Å². The molecular weight excluding hydrogens is 394 g/mol. The van der Waals surface area contributed by atoms with Gasteiger partial charge in [0.05, 0.1) is 25.8 Å². The third-order valence-corrected chi connectivity index (χ3v) is 6.25. The van der Waals surface area contributed by atoms with Crippen LogP contribution in [0.4, 0.5) is 5.00 Å². The highest BCUT2D eigenvalue weighted by Gasteiger charge is 2.29. The lowest BCUT2D eigenvalue weighted by molar-refractivity contribution is -0.118. The number of aromatic nitrogens is 1. The molecule has 3 rings (SSSR count). The second-order valence-electron chi connectivity index (χ2n) is 6.79. The number of carbonyl (C=O) groups excluding carboxylic acids is 3. The normalized spacial score (nSPS) is 16.2. The van der Waals surface area contributed by atoms with E-state index in [9.17, 15) is 14.4 Å². The van der Waals surface area contributed by atoms with Crippen molar-refractivity contribution < 1.29 is 23.9 Å². The minimum Gasteiger partial charge on any atom is -0.465 e. The van der Waals surface area contributed by atoms with Crippen molar-refractivity contribution in [2.45, 2.75) is 33.4 Å². The first-order chi connectivity index (χ1) is 13.9. The lowest BCUT2D eigenvalue weighted by Gasteiger charge is -2.34. The molecule has 0 spiro atoms. The van der Waals surface area contributed by atoms with Gasteiger partial charge < -0.3 is 19.4 Å². The minimum absolute atomic E-state index is 0.102. The maximum Gasteiger partial charge on any atom is 0.348 e. The SMILES string of the molecule is CCOC(=O)c1c(NC(=O)CN2CCn3cccc3[C@H]2C)sc(C(=O)OC)c1C. The Labute approximate surface area is 173 Å². The monoisotopic (exact) mass is 419 g/mol. The molecule has 9 heteroatoms. The lowest BCUT2D eigenvalue weighted by Crippen LogP contribution is -2.41. The number of nitrogens with one attached hydrogen (secondary N) is 1. The summed E-state index contributed by atoms with van der Waals surface area (Å²) in [5.41, 5.74) is 1.81. The highest BCUT2D eigenvalue weighted by atomic mass is 32.1. The Kier molecular flexibility index (Phi) is 6.39. The number of hydrogen-bond donors (Lipinski definition) is 1. The van der Waals surface area contributed by atoms with Crippen LogP contribution in [0.25, 0.3) is 0 Å². The molecule has 0 saturated carbocycles. The van der Waals surface area contributed by atoms with Crippen molar-refractivity contribution in [3.63, 3.8) is 0 Å². The number of carbonyl (C=O) groups is 3. The van der Waals surface area contributed by atoms with E-state index in [1.165, 1.54) is 7.11 Å². The summed E-state index contributed by atoms with van der Waals surface area (Å²) in [6.45, 7) is 7.35. The van der Waals surface area contributed by atoms with E-state index in [4.69, 9.17) is 9.47 Å². The van der Waals surface area contributed by atoms with Gasteiger partial charge in [-0.15, -0.1) is 11.3 Å². The number of thiophene rings is 1. The number of nitrogens with zero attached hydrogens (tertiary/aromatic N) is 2. The second kappa shape index (κ2) is 8.79. The van der Waals surface area contributed by atoms with E-state index in [-0.39, 0.29) is 35.5 Å². The fourth-order valence-corrected chi connectivity index (χ4v) is 4.66. The summed E-state index contributed by atoms with van der Waals surface area (Å²) in [6.07, 6.45) is 2.04. The van der Waals surface area contributed by atoms with Crippen LogP contribution < -0.4 is 5.32 Å². The molecule has 29 heavy (non-hydrogen) atoms. The Bertz CT molecular complexity index is 933. The van der Waals surface area contributed by atoms with Crippen LogP contribution in [0.5, 0.6) is 0 Å². The number of amides is 1. The predicted molar refractivity (Wildman–Crippen MR) is 109 cm³/mol. The van der Waals surface area contributed by atoms with Gasteiger partial charge in [0.15, 0.2) is 0 Å². The Morgan fingerprint density at radius 3 is 2.72 bits per heavy atom. The van der Waals surface area contributed by atoms with Gasteiger partial charge in [-0.3, -0.25) is 9.69 Å². The third-order valence-electron chi connectivity index (χ3n) is 5.07. The van der Waals surface area contributed by atoms with Crippen LogP contribution in [0.15, 0.2) is 18.3 Å². The molecule has 2 aromatic rings. The van der Waals surface area contributed by atoms with Gasteiger partial charge >= 0.3 is 11.9 Å². The van der Waals surface area contributed by atoms with E-state index in [1.54, 1.807) is 13.8 Å². The third kappa shape index (κ3) is 4.20. The minimum atomic E-state index is -0.573. The molecule has 0 unspecified atom stereocenters. The molecule has 0 fully saturated rings. The maximum absolute atomic E-state index is 12.7. The van der Waals surface area contributed by atoms with E-state index in [2.05, 4.69) is 27.8 Å². The first-order valence-corrected chi connectivity index (χ1v) is 10.3. The summed E-state index contributed by atoms with van der Waals surface area (Å²) in [7, 11) is 1.28. The summed E-state index contributed by atoms with van der Waals surface area (Å²) in [4.78, 5) is 39.5. The summed E-state index contributed by atoms with van der Waals surface area (Å²) in [5, 5.41) is 3.10. The Morgan fingerprint density at radius 2 is 2.03 bits per heavy atom. The average molecular weight is 420 g/mol. The van der Waals surface area contributed by atoms with E-state index in [0.717, 1.165) is 30.1 Å². The molecule has 1 aliphatic heterocycles. The van der Waals surface area contributed by atoms with Crippen LogP contribution in [0.1, 0.15) is 51.2 Å². The Hall–Kier alpha value is -2.65. The predicted octanol–water partition coefficient (Wildman–Crippen LogP) is 2.84. The standard InChI is InChI=1S/C20H25N3O5S/c1-5-28-19(25)16-12(2)17(20(26)27-4)29-18(16)21-15(24)11-23-10-9-22-8-6-7-14(22)13(23)3/h6-8,13H,5,9-11H2,1-4H3,(H,21,24)/t13-/m1/s1. The van der Waals surface area contributed by atoms with Crippen molar-refractivity contribution in [3.05, 3.63) is 40.0 Å². The molecule has 1 N–H and O–H groups in total. The molecule has 8 nitrogen and oxygen atoms in total. The number of ether oxygens (including phenoxy) is 2. The maximum atomic E-state index is 12.7. The van der Waals surface area contributed by atoms with Gasteiger partial charge in [0.25, 0.3) is 0 Å². The first kappa shape index (κ1) is 21.1. The lowest BCUT2D eigenvalue weighted by atomic mass is 10.1. The van der Waals surface area contributed by atoms with Crippen LogP contribution >= 0.6 is 11.3 Å². The number of methoxy groups -OCH3 is 1. The zero-order valence-electron chi connectivity index (χ0n) is 17.0. The van der Waals surface area contributed by atoms with Crippen LogP contribution in [-0.2, 0) is 20.8 Å². The molecular formula is C20H25N3O5S. The van der Waals surface area contributed by atoms with Crippen molar-refractivity contribution in [1.82, 2.24) is 9.47 Å². The summed E-state index contributed by atoms with van der Waals surface area (Å²) in [5.74, 6) is -1.38. The first-order valence-electron chi connectivity index (χ1n) is 9.45. The van der Waals surface area contributed by atoms with Crippen molar-refractivity contribution in [2.24, 2.45) is 0 Å². The van der Waals surface area contributed by atoms with Crippen molar-refractivity contribution in [2.75, 3.05) is 32.1 Å². The van der Waals surface area contributed by atoms with Gasteiger partial charge in [-0.05, 0) is 38.5 Å². The molecule has 0 bridgehead atoms. The molecule has 0 aliphatic carbocycles.